The molecule has 0 aliphatic carbocycles. The molecule has 0 fully saturated rings. The summed E-state index contributed by atoms with van der Waals surface area (Å²) in [5.74, 6) is -2.03. The van der Waals surface area contributed by atoms with Crippen LogP contribution in [0.5, 0.6) is 0 Å². The summed E-state index contributed by atoms with van der Waals surface area (Å²) in [5.41, 5.74) is 1.24. The average molecular weight is 271 g/mol. The van der Waals surface area contributed by atoms with Crippen LogP contribution in [0.1, 0.15) is 5.56 Å². The van der Waals surface area contributed by atoms with Crippen molar-refractivity contribution >= 4 is 11.6 Å². The molecule has 0 unspecified atom stereocenters. The maximum atomic E-state index is 12.1. The number of hydrogen-bond acceptors (Lipinski definition) is 4. The Morgan fingerprint density at radius 1 is 1.37 bits per heavy atom. The molecular formula is C10H8F3N5O. The maximum Gasteiger partial charge on any atom is 0.471 e. The summed E-state index contributed by atoms with van der Waals surface area (Å²) in [6.07, 6.45) is -3.63. The van der Waals surface area contributed by atoms with E-state index >= 15 is 0 Å². The zero-order chi connectivity index (χ0) is 14.0. The van der Waals surface area contributed by atoms with Crippen molar-refractivity contribution in [3.05, 3.63) is 30.1 Å². The first-order valence-electron chi connectivity index (χ1n) is 5.10. The largest absolute Gasteiger partial charge is 0.471 e. The van der Waals surface area contributed by atoms with Crippen molar-refractivity contribution < 1.29 is 18.0 Å². The van der Waals surface area contributed by atoms with Crippen LogP contribution in [0.25, 0.3) is 5.69 Å². The van der Waals surface area contributed by atoms with E-state index < -0.39 is 12.1 Å². The molecule has 100 valence electrons. The number of carbonyl (C=O) groups excluding carboxylic acids is 1. The fraction of sp³-hybridized carbons (Fsp3) is 0.200. The Morgan fingerprint density at radius 2 is 2.11 bits per heavy atom. The molecular weight excluding hydrogens is 263 g/mol. The van der Waals surface area contributed by atoms with Gasteiger partial charge in [-0.2, -0.15) is 13.2 Å². The molecule has 1 heterocycles. The van der Waals surface area contributed by atoms with E-state index in [0.717, 1.165) is 5.56 Å². The number of alkyl halides is 3. The highest BCUT2D eigenvalue weighted by molar-refractivity contribution is 5.95. The minimum atomic E-state index is -4.93. The van der Waals surface area contributed by atoms with Gasteiger partial charge in [0.2, 0.25) is 0 Å². The number of rotatable bonds is 2. The van der Waals surface area contributed by atoms with E-state index in [4.69, 9.17) is 0 Å². The van der Waals surface area contributed by atoms with Crippen LogP contribution >= 0.6 is 0 Å². The molecule has 2 rings (SSSR count). The number of nitrogens with one attached hydrogen (secondary N) is 1. The van der Waals surface area contributed by atoms with Crippen molar-refractivity contribution in [3.63, 3.8) is 0 Å². The fourth-order valence-corrected chi connectivity index (χ4v) is 1.41. The summed E-state index contributed by atoms with van der Waals surface area (Å²) in [6.45, 7) is 1.74. The molecule has 6 nitrogen and oxygen atoms in total. The number of hydrogen-bond donors (Lipinski definition) is 1. The Labute approximate surface area is 105 Å². The molecule has 2 aromatic rings. The lowest BCUT2D eigenvalue weighted by atomic mass is 10.2. The average Bonchev–Trinajstić information content (AvgIpc) is 2.83. The Hall–Kier alpha value is -2.45. The first-order chi connectivity index (χ1) is 8.88. The monoisotopic (exact) mass is 271 g/mol. The first kappa shape index (κ1) is 13.0. The summed E-state index contributed by atoms with van der Waals surface area (Å²) in [4.78, 5) is 10.8. The van der Waals surface area contributed by atoms with Crippen molar-refractivity contribution in [3.8, 4) is 5.69 Å². The number of carbonyl (C=O) groups is 1. The zero-order valence-corrected chi connectivity index (χ0v) is 9.64. The van der Waals surface area contributed by atoms with E-state index in [-0.39, 0.29) is 5.69 Å². The van der Waals surface area contributed by atoms with Crippen LogP contribution in [0, 0.1) is 6.92 Å². The molecule has 0 radical (unpaired) electrons. The normalized spacial score (nSPS) is 11.4. The Kier molecular flexibility index (Phi) is 3.19. The van der Waals surface area contributed by atoms with Crippen LogP contribution in [-0.2, 0) is 4.79 Å². The Balaban J connectivity index is 2.30. The molecule has 0 atom stereocenters. The lowest BCUT2D eigenvalue weighted by Gasteiger charge is -2.10. The van der Waals surface area contributed by atoms with Gasteiger partial charge in [0.15, 0.2) is 0 Å². The van der Waals surface area contributed by atoms with E-state index in [2.05, 4.69) is 15.5 Å². The van der Waals surface area contributed by atoms with Crippen molar-refractivity contribution in [2.75, 3.05) is 5.32 Å². The van der Waals surface area contributed by atoms with Crippen LogP contribution < -0.4 is 5.32 Å². The lowest BCUT2D eigenvalue weighted by molar-refractivity contribution is -0.167. The second-order valence-electron chi connectivity index (χ2n) is 3.71. The van der Waals surface area contributed by atoms with Gasteiger partial charge in [-0.3, -0.25) is 4.79 Å². The third-order valence-corrected chi connectivity index (χ3v) is 2.32. The zero-order valence-electron chi connectivity index (χ0n) is 9.64. The van der Waals surface area contributed by atoms with Crippen LogP contribution in [0.4, 0.5) is 18.9 Å². The number of nitrogens with zero attached hydrogens (tertiary/aromatic N) is 4. The van der Waals surface area contributed by atoms with Gasteiger partial charge in [0.25, 0.3) is 0 Å². The van der Waals surface area contributed by atoms with Gasteiger partial charge in [0.1, 0.15) is 6.33 Å². The van der Waals surface area contributed by atoms with Crippen molar-refractivity contribution in [2.45, 2.75) is 13.1 Å². The fourth-order valence-electron chi connectivity index (χ4n) is 1.41. The first-order valence-corrected chi connectivity index (χ1v) is 5.10. The molecule has 9 heteroatoms. The van der Waals surface area contributed by atoms with E-state index in [9.17, 15) is 18.0 Å². The number of amides is 1. The van der Waals surface area contributed by atoms with Gasteiger partial charge in [-0.25, -0.2) is 4.68 Å². The van der Waals surface area contributed by atoms with Gasteiger partial charge >= 0.3 is 12.1 Å². The predicted octanol–water partition coefficient (Wildman–Crippen LogP) is 1.47. The summed E-state index contributed by atoms with van der Waals surface area (Å²) in [6, 6.07) is 4.28. The molecule has 0 saturated carbocycles. The molecule has 1 aromatic heterocycles. The van der Waals surface area contributed by atoms with Gasteiger partial charge in [0.05, 0.1) is 5.69 Å². The minimum Gasteiger partial charge on any atom is -0.318 e. The number of benzene rings is 1. The molecule has 0 saturated heterocycles. The van der Waals surface area contributed by atoms with Gasteiger partial charge in [-0.05, 0) is 35.0 Å². The van der Waals surface area contributed by atoms with Gasteiger partial charge in [0, 0.05) is 5.69 Å². The summed E-state index contributed by atoms with van der Waals surface area (Å²) < 4.78 is 37.7. The van der Waals surface area contributed by atoms with Crippen LogP contribution in [0.3, 0.4) is 0 Å². The van der Waals surface area contributed by atoms with E-state index in [1.165, 1.54) is 23.1 Å². The number of tetrazole rings is 1. The minimum absolute atomic E-state index is 0.0124. The molecule has 0 aliphatic rings. The highest BCUT2D eigenvalue weighted by Crippen LogP contribution is 2.21. The highest BCUT2D eigenvalue weighted by atomic mass is 19.4. The molecule has 0 bridgehead atoms. The van der Waals surface area contributed by atoms with Crippen molar-refractivity contribution in [1.29, 1.82) is 0 Å². The van der Waals surface area contributed by atoms with E-state index in [0.29, 0.717) is 5.69 Å². The summed E-state index contributed by atoms with van der Waals surface area (Å²) >= 11 is 0. The molecule has 0 spiro atoms. The third kappa shape index (κ3) is 2.87. The predicted molar refractivity (Wildman–Crippen MR) is 58.6 cm³/mol. The van der Waals surface area contributed by atoms with Crippen LogP contribution in [-0.4, -0.2) is 32.3 Å². The maximum absolute atomic E-state index is 12.1. The molecule has 1 amide bonds. The number of halogens is 3. The van der Waals surface area contributed by atoms with Gasteiger partial charge < -0.3 is 5.32 Å². The topological polar surface area (TPSA) is 72.7 Å². The van der Waals surface area contributed by atoms with Gasteiger partial charge in [-0.1, -0.05) is 6.07 Å². The second-order valence-corrected chi connectivity index (χ2v) is 3.71. The quantitative estimate of drug-likeness (QED) is 0.897. The smallest absolute Gasteiger partial charge is 0.318 e. The number of aromatic nitrogens is 4. The van der Waals surface area contributed by atoms with E-state index in [1.807, 2.05) is 0 Å². The van der Waals surface area contributed by atoms with Crippen LogP contribution in [0.15, 0.2) is 24.5 Å². The Bertz CT molecular complexity index is 594. The Morgan fingerprint density at radius 3 is 2.68 bits per heavy atom. The summed E-state index contributed by atoms with van der Waals surface area (Å²) in [7, 11) is 0. The number of anilines is 1. The lowest BCUT2D eigenvalue weighted by Crippen LogP contribution is -2.29. The SMILES string of the molecule is Cc1ccc(NC(=O)C(F)(F)F)cc1-n1cnnn1. The van der Waals surface area contributed by atoms with Crippen molar-refractivity contribution in [1.82, 2.24) is 20.2 Å². The molecule has 1 aromatic carbocycles. The van der Waals surface area contributed by atoms with Gasteiger partial charge in [-0.15, -0.1) is 5.10 Å². The van der Waals surface area contributed by atoms with Crippen LogP contribution in [0.2, 0.25) is 0 Å². The molecule has 19 heavy (non-hydrogen) atoms. The number of aryl methyl sites for hydroxylation is 1. The third-order valence-electron chi connectivity index (χ3n) is 2.32. The standard InChI is InChI=1S/C10H8F3N5O/c1-6-2-3-7(15-9(19)10(11,12)13)4-8(6)18-5-14-16-17-18/h2-5H,1H3,(H,15,19). The highest BCUT2D eigenvalue weighted by Gasteiger charge is 2.38. The molecule has 1 N–H and O–H groups in total. The summed E-state index contributed by atoms with van der Waals surface area (Å²) in [5, 5.41) is 12.3. The second kappa shape index (κ2) is 4.67. The molecule has 0 aliphatic heterocycles. The van der Waals surface area contributed by atoms with E-state index in [1.54, 1.807) is 18.3 Å². The van der Waals surface area contributed by atoms with Crippen molar-refractivity contribution in [2.24, 2.45) is 0 Å².